The summed E-state index contributed by atoms with van der Waals surface area (Å²) in [6.45, 7) is 0. The Morgan fingerprint density at radius 3 is 2.72 bits per heavy atom. The van der Waals surface area contributed by atoms with Gasteiger partial charge in [0.1, 0.15) is 6.07 Å². The van der Waals surface area contributed by atoms with Gasteiger partial charge in [-0.05, 0) is 37.5 Å². The minimum absolute atomic E-state index is 0.102. The lowest BCUT2D eigenvalue weighted by Crippen LogP contribution is -2.46. The maximum absolute atomic E-state index is 10.9. The van der Waals surface area contributed by atoms with Crippen LogP contribution in [-0.2, 0) is 4.79 Å². The SMILES string of the molecule is N#Cc1ccc(NC2(CC(=O)O)CCC2)cc1Cl. The van der Waals surface area contributed by atoms with Crippen molar-refractivity contribution in [2.75, 3.05) is 5.32 Å². The molecule has 0 spiro atoms. The molecular formula is C13H13ClN2O2. The number of anilines is 1. The lowest BCUT2D eigenvalue weighted by Gasteiger charge is -2.42. The Morgan fingerprint density at radius 2 is 2.28 bits per heavy atom. The molecule has 94 valence electrons. The van der Waals surface area contributed by atoms with E-state index in [2.05, 4.69) is 5.32 Å². The third-order valence-electron chi connectivity index (χ3n) is 3.30. The van der Waals surface area contributed by atoms with E-state index < -0.39 is 5.97 Å². The number of carboxylic acid groups (broad SMARTS) is 1. The summed E-state index contributed by atoms with van der Waals surface area (Å²) in [5.41, 5.74) is 0.826. The van der Waals surface area contributed by atoms with Crippen LogP contribution in [0.25, 0.3) is 0 Å². The summed E-state index contributed by atoms with van der Waals surface area (Å²) in [4.78, 5) is 10.9. The van der Waals surface area contributed by atoms with E-state index >= 15 is 0 Å². The van der Waals surface area contributed by atoms with Gasteiger partial charge in [0.25, 0.3) is 0 Å². The van der Waals surface area contributed by atoms with Crippen LogP contribution in [0.5, 0.6) is 0 Å². The van der Waals surface area contributed by atoms with Crippen LogP contribution in [0.3, 0.4) is 0 Å². The highest BCUT2D eigenvalue weighted by Crippen LogP contribution is 2.38. The molecule has 5 heteroatoms. The number of carboxylic acids is 1. The van der Waals surface area contributed by atoms with Gasteiger partial charge in [-0.2, -0.15) is 5.26 Å². The van der Waals surface area contributed by atoms with Gasteiger partial charge in [0.05, 0.1) is 17.0 Å². The van der Waals surface area contributed by atoms with E-state index in [1.807, 2.05) is 6.07 Å². The molecule has 1 aliphatic carbocycles. The fraction of sp³-hybridized carbons (Fsp3) is 0.385. The van der Waals surface area contributed by atoms with Crippen molar-refractivity contribution in [3.8, 4) is 6.07 Å². The van der Waals surface area contributed by atoms with Gasteiger partial charge < -0.3 is 10.4 Å². The molecular weight excluding hydrogens is 252 g/mol. The van der Waals surface area contributed by atoms with Crippen LogP contribution < -0.4 is 5.32 Å². The molecule has 0 radical (unpaired) electrons. The summed E-state index contributed by atoms with van der Waals surface area (Å²) >= 11 is 5.95. The highest BCUT2D eigenvalue weighted by atomic mass is 35.5. The zero-order valence-electron chi connectivity index (χ0n) is 9.74. The summed E-state index contributed by atoms with van der Waals surface area (Å²) < 4.78 is 0. The van der Waals surface area contributed by atoms with E-state index in [1.165, 1.54) is 0 Å². The van der Waals surface area contributed by atoms with Crippen LogP contribution >= 0.6 is 11.6 Å². The molecule has 2 rings (SSSR count). The first-order valence-corrected chi connectivity index (χ1v) is 6.12. The number of nitriles is 1. The van der Waals surface area contributed by atoms with E-state index in [9.17, 15) is 4.79 Å². The Morgan fingerprint density at radius 1 is 1.56 bits per heavy atom. The van der Waals surface area contributed by atoms with Crippen molar-refractivity contribution < 1.29 is 9.90 Å². The Labute approximate surface area is 110 Å². The third-order valence-corrected chi connectivity index (χ3v) is 3.61. The van der Waals surface area contributed by atoms with Gasteiger partial charge in [-0.1, -0.05) is 11.6 Å². The van der Waals surface area contributed by atoms with Crippen LogP contribution in [0.15, 0.2) is 18.2 Å². The molecule has 0 unspecified atom stereocenters. The predicted molar refractivity (Wildman–Crippen MR) is 68.6 cm³/mol. The topological polar surface area (TPSA) is 73.1 Å². The number of hydrogen-bond donors (Lipinski definition) is 2. The zero-order chi connectivity index (χ0) is 13.2. The Bertz CT molecular complexity index is 518. The molecule has 0 saturated heterocycles. The van der Waals surface area contributed by atoms with E-state index in [0.717, 1.165) is 24.9 Å². The minimum atomic E-state index is -0.804. The third kappa shape index (κ3) is 2.57. The molecule has 0 aromatic heterocycles. The number of nitrogens with zero attached hydrogens (tertiary/aromatic N) is 1. The molecule has 1 aromatic carbocycles. The van der Waals surface area contributed by atoms with Crippen molar-refractivity contribution in [2.45, 2.75) is 31.2 Å². The van der Waals surface area contributed by atoms with Crippen LogP contribution in [0, 0.1) is 11.3 Å². The molecule has 0 heterocycles. The number of benzene rings is 1. The number of halogens is 1. The van der Waals surface area contributed by atoms with E-state index in [4.69, 9.17) is 22.0 Å². The normalized spacial score (nSPS) is 16.4. The van der Waals surface area contributed by atoms with Crippen LogP contribution in [0.1, 0.15) is 31.2 Å². The summed E-state index contributed by atoms with van der Waals surface area (Å²) in [6, 6.07) is 7.05. The summed E-state index contributed by atoms with van der Waals surface area (Å²) in [5.74, 6) is -0.804. The molecule has 0 atom stereocenters. The lowest BCUT2D eigenvalue weighted by atomic mass is 9.74. The maximum Gasteiger partial charge on any atom is 0.305 e. The number of aliphatic carboxylic acids is 1. The van der Waals surface area contributed by atoms with Gasteiger partial charge in [-0.25, -0.2) is 0 Å². The molecule has 1 saturated carbocycles. The number of hydrogen-bond acceptors (Lipinski definition) is 3. The summed E-state index contributed by atoms with van der Waals surface area (Å²) in [6.07, 6.45) is 2.82. The second-order valence-electron chi connectivity index (χ2n) is 4.64. The smallest absolute Gasteiger partial charge is 0.305 e. The molecule has 1 fully saturated rings. The first-order valence-electron chi connectivity index (χ1n) is 5.74. The highest BCUT2D eigenvalue weighted by molar-refractivity contribution is 6.32. The molecule has 0 bridgehead atoms. The van der Waals surface area contributed by atoms with Crippen LogP contribution in [0.4, 0.5) is 5.69 Å². The van der Waals surface area contributed by atoms with E-state index in [0.29, 0.717) is 10.6 Å². The minimum Gasteiger partial charge on any atom is -0.481 e. The van der Waals surface area contributed by atoms with Crippen molar-refractivity contribution >= 4 is 23.3 Å². The Hall–Kier alpha value is -1.73. The van der Waals surface area contributed by atoms with Gasteiger partial charge in [-0.3, -0.25) is 4.79 Å². The molecule has 0 amide bonds. The largest absolute Gasteiger partial charge is 0.481 e. The number of carbonyl (C=O) groups is 1. The maximum atomic E-state index is 10.9. The highest BCUT2D eigenvalue weighted by Gasteiger charge is 2.38. The number of nitrogens with one attached hydrogen (secondary N) is 1. The monoisotopic (exact) mass is 264 g/mol. The van der Waals surface area contributed by atoms with Gasteiger partial charge in [-0.15, -0.1) is 0 Å². The number of rotatable bonds is 4. The van der Waals surface area contributed by atoms with Gasteiger partial charge in [0, 0.05) is 11.2 Å². The van der Waals surface area contributed by atoms with Crippen molar-refractivity contribution in [1.82, 2.24) is 0 Å². The second-order valence-corrected chi connectivity index (χ2v) is 5.04. The van der Waals surface area contributed by atoms with Crippen LogP contribution in [-0.4, -0.2) is 16.6 Å². The van der Waals surface area contributed by atoms with E-state index in [1.54, 1.807) is 18.2 Å². The van der Waals surface area contributed by atoms with Gasteiger partial charge in [0.2, 0.25) is 0 Å². The van der Waals surface area contributed by atoms with Crippen molar-refractivity contribution in [3.63, 3.8) is 0 Å². The van der Waals surface area contributed by atoms with Crippen molar-refractivity contribution in [3.05, 3.63) is 28.8 Å². The van der Waals surface area contributed by atoms with Crippen molar-refractivity contribution in [2.24, 2.45) is 0 Å². The summed E-state index contributed by atoms with van der Waals surface area (Å²) in [5, 5.41) is 21.3. The summed E-state index contributed by atoms with van der Waals surface area (Å²) in [7, 11) is 0. The predicted octanol–water partition coefficient (Wildman–Crippen LogP) is 3.02. The fourth-order valence-electron chi connectivity index (χ4n) is 2.23. The average molecular weight is 265 g/mol. The zero-order valence-corrected chi connectivity index (χ0v) is 10.5. The van der Waals surface area contributed by atoms with Gasteiger partial charge >= 0.3 is 5.97 Å². The lowest BCUT2D eigenvalue weighted by molar-refractivity contribution is -0.138. The Kier molecular flexibility index (Phi) is 3.44. The van der Waals surface area contributed by atoms with Crippen LogP contribution in [0.2, 0.25) is 5.02 Å². The van der Waals surface area contributed by atoms with Crippen molar-refractivity contribution in [1.29, 1.82) is 5.26 Å². The average Bonchev–Trinajstić information content (AvgIpc) is 2.25. The molecule has 0 aliphatic heterocycles. The molecule has 18 heavy (non-hydrogen) atoms. The standard InChI is InChI=1S/C13H13ClN2O2/c14-11-6-10(3-2-9(11)8-15)16-13(4-1-5-13)7-12(17)18/h2-3,6,16H,1,4-5,7H2,(H,17,18). The van der Waals surface area contributed by atoms with E-state index in [-0.39, 0.29) is 12.0 Å². The van der Waals surface area contributed by atoms with Gasteiger partial charge in [0.15, 0.2) is 0 Å². The fourth-order valence-corrected chi connectivity index (χ4v) is 2.45. The molecule has 1 aliphatic rings. The second kappa shape index (κ2) is 4.87. The molecule has 1 aromatic rings. The quantitative estimate of drug-likeness (QED) is 0.877. The first-order chi connectivity index (χ1) is 8.54. The molecule has 4 nitrogen and oxygen atoms in total. The first kappa shape index (κ1) is 12.7. The Balaban J connectivity index is 2.15. The molecule has 2 N–H and O–H groups in total.